The molecule has 1 aliphatic carbocycles. The van der Waals surface area contributed by atoms with Gasteiger partial charge < -0.3 is 4.74 Å². The highest BCUT2D eigenvalue weighted by molar-refractivity contribution is 5.31. The number of aryl methyl sites for hydroxylation is 2. The van der Waals surface area contributed by atoms with Gasteiger partial charge in [-0.25, -0.2) is 8.78 Å². The Balaban J connectivity index is 1.54. The minimum atomic E-state index is -5.83. The number of rotatable bonds is 9. The molecule has 0 bridgehead atoms. The van der Waals surface area contributed by atoms with Crippen molar-refractivity contribution >= 4 is 0 Å². The molecule has 1 unspecified atom stereocenters. The smallest absolute Gasteiger partial charge is 0.427 e. The molecule has 1 fully saturated rings. The average molecular weight is 491 g/mol. The fourth-order valence-corrected chi connectivity index (χ4v) is 4.61. The van der Waals surface area contributed by atoms with Gasteiger partial charge in [0, 0.05) is 0 Å². The monoisotopic (exact) mass is 490 g/mol. The SMILES string of the molecule is CCCC1CCC(c2ccc(CCc3ccc(OC(F)(F)C(F)C(F)(F)F)c(F)c3)cc2)CC1. The molecule has 2 aromatic rings. The Hall–Kier alpha value is -2.25. The summed E-state index contributed by atoms with van der Waals surface area (Å²) in [6.07, 6.45) is -7.22. The van der Waals surface area contributed by atoms with Gasteiger partial charge in [-0.3, -0.25) is 0 Å². The van der Waals surface area contributed by atoms with Gasteiger partial charge in [0.15, 0.2) is 11.6 Å². The summed E-state index contributed by atoms with van der Waals surface area (Å²) in [5, 5.41) is 0. The molecule has 0 amide bonds. The van der Waals surface area contributed by atoms with Crippen LogP contribution >= 0.6 is 0 Å². The zero-order valence-corrected chi connectivity index (χ0v) is 19.0. The lowest BCUT2D eigenvalue weighted by molar-refractivity contribution is -0.305. The Labute approximate surface area is 195 Å². The lowest BCUT2D eigenvalue weighted by atomic mass is 9.77. The van der Waals surface area contributed by atoms with Crippen molar-refractivity contribution in [2.45, 2.75) is 82.7 Å². The first-order chi connectivity index (χ1) is 16.0. The molecule has 1 nitrogen and oxygen atoms in total. The molecule has 0 radical (unpaired) electrons. The zero-order valence-electron chi connectivity index (χ0n) is 19.0. The molecule has 1 saturated carbocycles. The van der Waals surface area contributed by atoms with E-state index in [1.54, 1.807) is 0 Å². The number of ether oxygens (including phenoxy) is 1. The quantitative estimate of drug-likeness (QED) is 0.320. The second kappa shape index (κ2) is 11.0. The van der Waals surface area contributed by atoms with Crippen LogP contribution in [-0.4, -0.2) is 18.5 Å². The summed E-state index contributed by atoms with van der Waals surface area (Å²) in [5.74, 6) is -1.01. The maximum Gasteiger partial charge on any atom is 0.439 e. The van der Waals surface area contributed by atoms with Gasteiger partial charge in [-0.15, -0.1) is 0 Å². The molecule has 0 aromatic heterocycles. The summed E-state index contributed by atoms with van der Waals surface area (Å²) in [7, 11) is 0. The Morgan fingerprint density at radius 2 is 1.47 bits per heavy atom. The minimum absolute atomic E-state index is 0.392. The zero-order chi connectivity index (χ0) is 24.9. The fourth-order valence-electron chi connectivity index (χ4n) is 4.61. The standard InChI is InChI=1S/C26H29F7O/c1-2-3-17-6-11-20(12-7-17)21-13-8-18(9-14-21)4-5-19-10-15-23(22(27)16-19)34-26(32,33)24(28)25(29,30)31/h8-10,13-17,20,24H,2-7,11-12H2,1H3. The maximum atomic E-state index is 14.1. The van der Waals surface area contributed by atoms with Gasteiger partial charge >= 0.3 is 12.3 Å². The maximum absolute atomic E-state index is 14.1. The Bertz CT molecular complexity index is 916. The molecule has 0 saturated heterocycles. The molecule has 1 aliphatic rings. The summed E-state index contributed by atoms with van der Waals surface area (Å²) >= 11 is 0. The van der Waals surface area contributed by atoms with E-state index in [0.29, 0.717) is 24.3 Å². The number of benzene rings is 2. The fraction of sp³-hybridized carbons (Fsp3) is 0.538. The van der Waals surface area contributed by atoms with Gasteiger partial charge in [-0.05, 0) is 79.2 Å². The molecule has 8 heteroatoms. The number of halogens is 7. The summed E-state index contributed by atoms with van der Waals surface area (Å²) in [6, 6.07) is 11.3. The van der Waals surface area contributed by atoms with Gasteiger partial charge in [0.2, 0.25) is 0 Å². The van der Waals surface area contributed by atoms with E-state index in [1.165, 1.54) is 50.2 Å². The Kier molecular flexibility index (Phi) is 8.52. The average Bonchev–Trinajstić information content (AvgIpc) is 2.79. The highest BCUT2D eigenvalue weighted by atomic mass is 19.4. The molecule has 2 aromatic carbocycles. The van der Waals surface area contributed by atoms with E-state index in [1.807, 2.05) is 12.1 Å². The minimum Gasteiger partial charge on any atom is -0.427 e. The first-order valence-electron chi connectivity index (χ1n) is 11.6. The van der Waals surface area contributed by atoms with Crippen LogP contribution in [-0.2, 0) is 12.8 Å². The highest BCUT2D eigenvalue weighted by Crippen LogP contribution is 2.38. The van der Waals surface area contributed by atoms with Crippen molar-refractivity contribution < 1.29 is 35.5 Å². The lowest BCUT2D eigenvalue weighted by Gasteiger charge is -2.28. The second-order valence-corrected chi connectivity index (χ2v) is 9.08. The summed E-state index contributed by atoms with van der Waals surface area (Å²) in [5.41, 5.74) is 2.80. The molecule has 34 heavy (non-hydrogen) atoms. The van der Waals surface area contributed by atoms with Gasteiger partial charge in [-0.1, -0.05) is 50.1 Å². The molecular formula is C26H29F7O. The van der Waals surface area contributed by atoms with Crippen LogP contribution in [0.3, 0.4) is 0 Å². The van der Waals surface area contributed by atoms with Crippen LogP contribution in [0.4, 0.5) is 30.7 Å². The van der Waals surface area contributed by atoms with Crippen LogP contribution in [0.15, 0.2) is 42.5 Å². The van der Waals surface area contributed by atoms with Crippen LogP contribution in [0.25, 0.3) is 0 Å². The van der Waals surface area contributed by atoms with E-state index in [9.17, 15) is 30.7 Å². The number of hydrogen-bond donors (Lipinski definition) is 0. The molecule has 0 heterocycles. The topological polar surface area (TPSA) is 9.23 Å². The van der Waals surface area contributed by atoms with E-state index in [-0.39, 0.29) is 0 Å². The first kappa shape index (κ1) is 26.4. The molecule has 0 N–H and O–H groups in total. The number of hydrogen-bond acceptors (Lipinski definition) is 1. The van der Waals surface area contributed by atoms with E-state index >= 15 is 0 Å². The summed E-state index contributed by atoms with van der Waals surface area (Å²) in [6.45, 7) is 2.22. The van der Waals surface area contributed by atoms with E-state index < -0.39 is 30.0 Å². The molecule has 188 valence electrons. The second-order valence-electron chi connectivity index (χ2n) is 9.08. The summed E-state index contributed by atoms with van der Waals surface area (Å²) in [4.78, 5) is 0. The van der Waals surface area contributed by atoms with Gasteiger partial charge in [-0.2, -0.15) is 22.0 Å². The Morgan fingerprint density at radius 3 is 2.03 bits per heavy atom. The molecule has 3 rings (SSSR count). The normalized spacial score (nSPS) is 20.2. The highest BCUT2D eigenvalue weighted by Gasteiger charge is 2.59. The summed E-state index contributed by atoms with van der Waals surface area (Å²) < 4.78 is 94.3. The van der Waals surface area contributed by atoms with E-state index in [4.69, 9.17) is 0 Å². The van der Waals surface area contributed by atoms with Gasteiger partial charge in [0.25, 0.3) is 6.17 Å². The third-order valence-corrected chi connectivity index (χ3v) is 6.52. The molecular weight excluding hydrogens is 461 g/mol. The van der Waals surface area contributed by atoms with Crippen LogP contribution in [0.1, 0.15) is 68.1 Å². The largest absolute Gasteiger partial charge is 0.439 e. The van der Waals surface area contributed by atoms with Crippen LogP contribution < -0.4 is 4.74 Å². The number of alkyl halides is 6. The van der Waals surface area contributed by atoms with Gasteiger partial charge in [0.05, 0.1) is 0 Å². The van der Waals surface area contributed by atoms with E-state index in [0.717, 1.165) is 23.6 Å². The third kappa shape index (κ3) is 6.89. The van der Waals surface area contributed by atoms with Crippen molar-refractivity contribution in [2.24, 2.45) is 5.92 Å². The van der Waals surface area contributed by atoms with Crippen molar-refractivity contribution in [1.29, 1.82) is 0 Å². The molecule has 0 aliphatic heterocycles. The van der Waals surface area contributed by atoms with Crippen LogP contribution in [0.2, 0.25) is 0 Å². The van der Waals surface area contributed by atoms with Crippen molar-refractivity contribution in [2.75, 3.05) is 0 Å². The lowest BCUT2D eigenvalue weighted by Crippen LogP contribution is -2.45. The van der Waals surface area contributed by atoms with Crippen molar-refractivity contribution in [3.8, 4) is 5.75 Å². The van der Waals surface area contributed by atoms with Crippen molar-refractivity contribution in [3.05, 3.63) is 65.0 Å². The van der Waals surface area contributed by atoms with Crippen LogP contribution in [0.5, 0.6) is 5.75 Å². The predicted octanol–water partition coefficient (Wildman–Crippen LogP) is 8.56. The van der Waals surface area contributed by atoms with Crippen molar-refractivity contribution in [3.63, 3.8) is 0 Å². The third-order valence-electron chi connectivity index (χ3n) is 6.52. The first-order valence-corrected chi connectivity index (χ1v) is 11.6. The van der Waals surface area contributed by atoms with Crippen molar-refractivity contribution in [1.82, 2.24) is 0 Å². The predicted molar refractivity (Wildman–Crippen MR) is 116 cm³/mol. The Morgan fingerprint density at radius 1 is 0.882 bits per heavy atom. The molecule has 0 spiro atoms. The van der Waals surface area contributed by atoms with Crippen LogP contribution in [0, 0.1) is 11.7 Å². The van der Waals surface area contributed by atoms with Gasteiger partial charge in [0.1, 0.15) is 0 Å². The van der Waals surface area contributed by atoms with E-state index in [2.05, 4.69) is 23.8 Å². The molecule has 1 atom stereocenters.